The monoisotopic (exact) mass is 598 g/mol. The van der Waals surface area contributed by atoms with Gasteiger partial charge < -0.3 is 9.97 Å². The second-order valence-corrected chi connectivity index (χ2v) is 17.1. The Kier molecular flexibility index (Phi) is 8.14. The topological polar surface area (TPSA) is 31.6 Å². The first kappa shape index (κ1) is 32.6. The van der Waals surface area contributed by atoms with Gasteiger partial charge >= 0.3 is 0 Å². The van der Waals surface area contributed by atoms with Gasteiger partial charge in [0.1, 0.15) is 0 Å². The van der Waals surface area contributed by atoms with Crippen LogP contribution in [-0.2, 0) is 21.7 Å². The third-order valence-electron chi connectivity index (χ3n) is 9.17. The number of aromatic amines is 2. The van der Waals surface area contributed by atoms with E-state index in [2.05, 4.69) is 179 Å². The van der Waals surface area contributed by atoms with Crippen LogP contribution in [0.15, 0.2) is 78.9 Å². The van der Waals surface area contributed by atoms with Gasteiger partial charge in [-0.15, -0.1) is 0 Å². The van der Waals surface area contributed by atoms with Crippen LogP contribution >= 0.6 is 0 Å². The summed E-state index contributed by atoms with van der Waals surface area (Å²) in [6.45, 7) is 29.9. The van der Waals surface area contributed by atoms with Crippen molar-refractivity contribution in [2.24, 2.45) is 0 Å². The minimum Gasteiger partial charge on any atom is -0.355 e. The van der Waals surface area contributed by atoms with E-state index in [1.165, 1.54) is 50.1 Å². The summed E-state index contributed by atoms with van der Waals surface area (Å²) in [6.07, 6.45) is 0. The number of aromatic nitrogens is 2. The van der Waals surface area contributed by atoms with E-state index in [-0.39, 0.29) is 21.7 Å². The van der Waals surface area contributed by atoms with Crippen molar-refractivity contribution in [2.75, 3.05) is 0 Å². The molecule has 0 aliphatic heterocycles. The van der Waals surface area contributed by atoms with Gasteiger partial charge in [-0.1, -0.05) is 107 Å². The van der Waals surface area contributed by atoms with Crippen molar-refractivity contribution in [3.63, 3.8) is 0 Å². The first-order valence-corrected chi connectivity index (χ1v) is 16.5. The molecule has 2 aromatic heterocycles. The number of hydrogen-bond donors (Lipinski definition) is 2. The Labute approximate surface area is 272 Å². The Morgan fingerprint density at radius 3 is 1.09 bits per heavy atom. The molecule has 0 fully saturated rings. The molecule has 2 nitrogen and oxygen atoms in total. The van der Waals surface area contributed by atoms with Crippen LogP contribution in [0.2, 0.25) is 0 Å². The fourth-order valence-electron chi connectivity index (χ4n) is 6.39. The second kappa shape index (κ2) is 11.2. The first-order valence-electron chi connectivity index (χ1n) is 16.5. The van der Waals surface area contributed by atoms with Gasteiger partial charge in [0, 0.05) is 22.8 Å². The predicted molar refractivity (Wildman–Crippen MR) is 196 cm³/mol. The van der Waals surface area contributed by atoms with Gasteiger partial charge in [-0.3, -0.25) is 0 Å². The van der Waals surface area contributed by atoms with E-state index in [9.17, 15) is 0 Å². The smallest absolute Gasteiger partial charge is 0.0458 e. The molecule has 0 unspecified atom stereocenters. The molecule has 0 saturated heterocycles. The average Bonchev–Trinajstić information content (AvgIpc) is 3.62. The Hall–Kier alpha value is -3.78. The molecule has 5 aromatic rings. The zero-order chi connectivity index (χ0) is 33.1. The molecular weight excluding hydrogens is 544 g/mol. The van der Waals surface area contributed by atoms with Crippen molar-refractivity contribution in [3.8, 4) is 45.0 Å². The highest BCUT2D eigenvalue weighted by Crippen LogP contribution is 2.39. The number of rotatable bonds is 4. The molecular formula is C43H54N2. The summed E-state index contributed by atoms with van der Waals surface area (Å²) in [5, 5.41) is 0. The van der Waals surface area contributed by atoms with Gasteiger partial charge in [-0.2, -0.15) is 0 Å². The molecule has 0 aliphatic carbocycles. The molecule has 0 atom stereocenters. The van der Waals surface area contributed by atoms with Crippen molar-refractivity contribution in [1.82, 2.24) is 9.97 Å². The van der Waals surface area contributed by atoms with Gasteiger partial charge in [0.25, 0.3) is 0 Å². The Balaban J connectivity index is 1.50. The SMILES string of the molecule is Cc1c(C(C)(C)C)cc(-c2ccc(-c3cccc(-c4ccc(-c5cc(C(C)(C)C)cc(C(C)(C)C)c5)[nH]4)c3)[nH]2)cc1C(C)(C)C. The minimum absolute atomic E-state index is 0.0706. The van der Waals surface area contributed by atoms with E-state index in [1.807, 2.05) is 0 Å². The Morgan fingerprint density at radius 2 is 0.733 bits per heavy atom. The molecule has 2 heterocycles. The molecule has 236 valence electrons. The lowest BCUT2D eigenvalue weighted by Gasteiger charge is -2.29. The largest absolute Gasteiger partial charge is 0.355 e. The number of nitrogens with one attached hydrogen (secondary N) is 2. The van der Waals surface area contributed by atoms with Gasteiger partial charge in [0.05, 0.1) is 0 Å². The molecule has 45 heavy (non-hydrogen) atoms. The maximum atomic E-state index is 3.76. The van der Waals surface area contributed by atoms with Crippen molar-refractivity contribution in [1.29, 1.82) is 0 Å². The van der Waals surface area contributed by atoms with Crippen LogP contribution in [0.4, 0.5) is 0 Å². The van der Waals surface area contributed by atoms with Crippen molar-refractivity contribution in [2.45, 2.75) is 112 Å². The molecule has 0 amide bonds. The molecule has 0 bridgehead atoms. The number of benzene rings is 3. The van der Waals surface area contributed by atoms with Gasteiger partial charge in [-0.05, 0) is 133 Å². The van der Waals surface area contributed by atoms with E-state index in [0.29, 0.717) is 0 Å². The fourth-order valence-corrected chi connectivity index (χ4v) is 6.39. The molecule has 5 rings (SSSR count). The van der Waals surface area contributed by atoms with Crippen LogP contribution < -0.4 is 0 Å². The molecule has 3 aromatic carbocycles. The predicted octanol–water partition coefficient (Wildman–Crippen LogP) is 12.5. The summed E-state index contributed by atoms with van der Waals surface area (Å²) in [7, 11) is 0. The van der Waals surface area contributed by atoms with E-state index in [4.69, 9.17) is 0 Å². The molecule has 2 N–H and O–H groups in total. The quantitative estimate of drug-likeness (QED) is 0.206. The summed E-state index contributed by atoms with van der Waals surface area (Å²) in [4.78, 5) is 7.51. The maximum absolute atomic E-state index is 3.76. The fraction of sp³-hybridized carbons (Fsp3) is 0.395. The van der Waals surface area contributed by atoms with Crippen LogP contribution in [0.1, 0.15) is 111 Å². The van der Waals surface area contributed by atoms with Gasteiger partial charge in [-0.25, -0.2) is 0 Å². The van der Waals surface area contributed by atoms with Gasteiger partial charge in [0.15, 0.2) is 0 Å². The highest BCUT2D eigenvalue weighted by Gasteiger charge is 2.25. The average molecular weight is 599 g/mol. The van der Waals surface area contributed by atoms with Crippen LogP contribution in [0.25, 0.3) is 45.0 Å². The Morgan fingerprint density at radius 1 is 0.378 bits per heavy atom. The molecule has 0 saturated carbocycles. The molecule has 2 heteroatoms. The standard InChI is InChI=1S/C43H54N2/c1-27-34(42(8,9)10)24-31(25-35(27)43(11,12)13)39-20-18-37(45-39)29-16-14-15-28(21-29)36-17-19-38(44-36)30-22-32(40(2,3)4)26-33(23-30)41(5,6)7/h14-26,44-45H,1-13H3. The minimum atomic E-state index is 0.0706. The van der Waals surface area contributed by atoms with Crippen LogP contribution in [0.5, 0.6) is 0 Å². The van der Waals surface area contributed by atoms with Crippen LogP contribution in [0.3, 0.4) is 0 Å². The van der Waals surface area contributed by atoms with Crippen molar-refractivity contribution >= 4 is 0 Å². The third kappa shape index (κ3) is 6.91. The first-order chi connectivity index (χ1) is 20.7. The maximum Gasteiger partial charge on any atom is 0.0458 e. The van der Waals surface area contributed by atoms with Crippen molar-refractivity contribution < 1.29 is 0 Å². The van der Waals surface area contributed by atoms with Crippen LogP contribution in [-0.4, -0.2) is 9.97 Å². The third-order valence-corrected chi connectivity index (χ3v) is 9.17. The lowest BCUT2D eigenvalue weighted by molar-refractivity contribution is 0.561. The molecule has 0 aliphatic rings. The molecule has 0 radical (unpaired) electrons. The zero-order valence-electron chi connectivity index (χ0n) is 30.0. The number of hydrogen-bond acceptors (Lipinski definition) is 0. The van der Waals surface area contributed by atoms with E-state index in [1.54, 1.807) is 0 Å². The van der Waals surface area contributed by atoms with Crippen LogP contribution in [0, 0.1) is 6.92 Å². The highest BCUT2D eigenvalue weighted by atomic mass is 14.7. The van der Waals surface area contributed by atoms with E-state index < -0.39 is 0 Å². The van der Waals surface area contributed by atoms with E-state index >= 15 is 0 Å². The lowest BCUT2D eigenvalue weighted by atomic mass is 9.75. The van der Waals surface area contributed by atoms with E-state index in [0.717, 1.165) is 22.8 Å². The van der Waals surface area contributed by atoms with Crippen molar-refractivity contribution in [3.05, 3.63) is 107 Å². The summed E-state index contributed by atoms with van der Waals surface area (Å²) in [6, 6.07) is 29.6. The normalized spacial score (nSPS) is 13.0. The second-order valence-electron chi connectivity index (χ2n) is 17.1. The zero-order valence-corrected chi connectivity index (χ0v) is 30.0. The van der Waals surface area contributed by atoms with Gasteiger partial charge in [0.2, 0.25) is 0 Å². The lowest BCUT2D eigenvalue weighted by Crippen LogP contribution is -2.19. The number of H-pyrrole nitrogens is 2. The highest BCUT2D eigenvalue weighted by molar-refractivity contribution is 5.75. The summed E-state index contributed by atoms with van der Waals surface area (Å²) in [5.41, 5.74) is 16.7. The molecule has 0 spiro atoms. The summed E-state index contributed by atoms with van der Waals surface area (Å²) in [5.74, 6) is 0. The summed E-state index contributed by atoms with van der Waals surface area (Å²) < 4.78 is 0. The Bertz CT molecular complexity index is 1760. The summed E-state index contributed by atoms with van der Waals surface area (Å²) >= 11 is 0.